The normalized spacial score (nSPS) is 10.3. The van der Waals surface area contributed by atoms with E-state index in [0.717, 1.165) is 23.7 Å². The third-order valence-electron chi connectivity index (χ3n) is 3.53. The summed E-state index contributed by atoms with van der Waals surface area (Å²) in [7, 11) is 2.03. The zero-order chi connectivity index (χ0) is 15.9. The van der Waals surface area contributed by atoms with Gasteiger partial charge in [0.05, 0.1) is 0 Å². The molecule has 5 heteroatoms. The molecule has 23 heavy (non-hydrogen) atoms. The Kier molecular flexibility index (Phi) is 4.79. The topological polar surface area (TPSA) is 53.9 Å². The minimum atomic E-state index is 0.710. The van der Waals surface area contributed by atoms with Crippen molar-refractivity contribution >= 4 is 11.6 Å². The Balaban J connectivity index is 1.64. The molecule has 2 heterocycles. The van der Waals surface area contributed by atoms with Crippen molar-refractivity contribution in [3.63, 3.8) is 0 Å². The Hall–Kier alpha value is -2.95. The summed E-state index contributed by atoms with van der Waals surface area (Å²) in [6, 6.07) is 16.3. The first kappa shape index (κ1) is 15.0. The highest BCUT2D eigenvalue weighted by Crippen LogP contribution is 2.15. The van der Waals surface area contributed by atoms with Crippen molar-refractivity contribution in [3.8, 4) is 0 Å². The highest BCUT2D eigenvalue weighted by Gasteiger charge is 2.05. The minimum Gasteiger partial charge on any atom is -0.366 e. The predicted octanol–water partition coefficient (Wildman–Crippen LogP) is 3.12. The van der Waals surface area contributed by atoms with Gasteiger partial charge >= 0.3 is 0 Å². The van der Waals surface area contributed by atoms with Gasteiger partial charge in [0.25, 0.3) is 0 Å². The molecule has 0 amide bonds. The van der Waals surface area contributed by atoms with Crippen molar-refractivity contribution < 1.29 is 0 Å². The SMILES string of the molecule is CN(Cc1ccccc1)c1cc(NCc2ccncc2)ncn1. The predicted molar refractivity (Wildman–Crippen MR) is 92.1 cm³/mol. The fraction of sp³-hybridized carbons (Fsp3) is 0.167. The molecule has 0 atom stereocenters. The van der Waals surface area contributed by atoms with E-state index in [2.05, 4.69) is 37.3 Å². The van der Waals surface area contributed by atoms with E-state index in [1.54, 1.807) is 18.7 Å². The van der Waals surface area contributed by atoms with E-state index < -0.39 is 0 Å². The number of nitrogens with one attached hydrogen (secondary N) is 1. The first-order valence-corrected chi connectivity index (χ1v) is 7.51. The van der Waals surface area contributed by atoms with Crippen molar-refractivity contribution in [2.45, 2.75) is 13.1 Å². The van der Waals surface area contributed by atoms with Crippen LogP contribution in [0.2, 0.25) is 0 Å². The maximum Gasteiger partial charge on any atom is 0.134 e. The third kappa shape index (κ3) is 4.26. The molecule has 3 rings (SSSR count). The summed E-state index contributed by atoms with van der Waals surface area (Å²) in [5.74, 6) is 1.70. The lowest BCUT2D eigenvalue weighted by atomic mass is 10.2. The van der Waals surface area contributed by atoms with E-state index >= 15 is 0 Å². The molecule has 0 bridgehead atoms. The van der Waals surface area contributed by atoms with Gasteiger partial charge in [0.2, 0.25) is 0 Å². The van der Waals surface area contributed by atoms with Gasteiger partial charge in [-0.1, -0.05) is 30.3 Å². The number of hydrogen-bond donors (Lipinski definition) is 1. The molecule has 0 radical (unpaired) electrons. The first-order valence-electron chi connectivity index (χ1n) is 7.51. The van der Waals surface area contributed by atoms with Gasteiger partial charge in [0, 0.05) is 38.6 Å². The summed E-state index contributed by atoms with van der Waals surface area (Å²) in [4.78, 5) is 14.8. The Labute approximate surface area is 136 Å². The molecule has 2 aromatic heterocycles. The number of pyridine rings is 1. The van der Waals surface area contributed by atoms with Gasteiger partial charge in [-0.2, -0.15) is 0 Å². The Morgan fingerprint density at radius 3 is 2.52 bits per heavy atom. The largest absolute Gasteiger partial charge is 0.366 e. The number of benzene rings is 1. The molecule has 0 spiro atoms. The van der Waals surface area contributed by atoms with Crippen molar-refractivity contribution in [1.29, 1.82) is 0 Å². The highest BCUT2D eigenvalue weighted by atomic mass is 15.2. The van der Waals surface area contributed by atoms with Gasteiger partial charge in [-0.3, -0.25) is 4.98 Å². The molecule has 0 saturated heterocycles. The average molecular weight is 305 g/mol. The van der Waals surface area contributed by atoms with E-state index in [9.17, 15) is 0 Å². The van der Waals surface area contributed by atoms with E-state index in [0.29, 0.717) is 6.54 Å². The maximum atomic E-state index is 4.36. The van der Waals surface area contributed by atoms with Gasteiger partial charge in [-0.15, -0.1) is 0 Å². The summed E-state index contributed by atoms with van der Waals surface area (Å²) >= 11 is 0. The van der Waals surface area contributed by atoms with E-state index in [1.165, 1.54) is 5.56 Å². The molecule has 0 aliphatic carbocycles. The van der Waals surface area contributed by atoms with E-state index in [1.807, 2.05) is 43.4 Å². The standard InChI is InChI=1S/C18H19N5/c1-23(13-16-5-3-2-4-6-16)18-11-17(21-14-22-18)20-12-15-7-9-19-10-8-15/h2-11,14H,12-13H2,1H3,(H,20,21,22). The minimum absolute atomic E-state index is 0.710. The maximum absolute atomic E-state index is 4.36. The van der Waals surface area contributed by atoms with E-state index in [4.69, 9.17) is 0 Å². The van der Waals surface area contributed by atoms with Gasteiger partial charge in [-0.25, -0.2) is 9.97 Å². The fourth-order valence-electron chi connectivity index (χ4n) is 2.28. The number of rotatable bonds is 6. The van der Waals surface area contributed by atoms with Gasteiger partial charge < -0.3 is 10.2 Å². The summed E-state index contributed by atoms with van der Waals surface area (Å²) in [6.07, 6.45) is 5.16. The lowest BCUT2D eigenvalue weighted by Crippen LogP contribution is -2.18. The number of anilines is 2. The number of nitrogens with zero attached hydrogens (tertiary/aromatic N) is 4. The van der Waals surface area contributed by atoms with Crippen molar-refractivity contribution in [3.05, 3.63) is 78.4 Å². The van der Waals surface area contributed by atoms with Crippen LogP contribution >= 0.6 is 0 Å². The number of aromatic nitrogens is 3. The molecule has 116 valence electrons. The third-order valence-corrected chi connectivity index (χ3v) is 3.53. The fourth-order valence-corrected chi connectivity index (χ4v) is 2.28. The highest BCUT2D eigenvalue weighted by molar-refractivity contribution is 5.48. The Morgan fingerprint density at radius 2 is 1.74 bits per heavy atom. The Morgan fingerprint density at radius 1 is 0.957 bits per heavy atom. The average Bonchev–Trinajstić information content (AvgIpc) is 2.62. The van der Waals surface area contributed by atoms with E-state index in [-0.39, 0.29) is 0 Å². The van der Waals surface area contributed by atoms with Crippen molar-refractivity contribution in [1.82, 2.24) is 15.0 Å². The molecule has 5 nitrogen and oxygen atoms in total. The summed E-state index contributed by atoms with van der Waals surface area (Å²) in [6.45, 7) is 1.52. The molecule has 3 aromatic rings. The van der Waals surface area contributed by atoms with Crippen LogP contribution in [0.1, 0.15) is 11.1 Å². The van der Waals surface area contributed by atoms with Crippen molar-refractivity contribution in [2.75, 3.05) is 17.3 Å². The van der Waals surface area contributed by atoms with Crippen LogP contribution in [0, 0.1) is 0 Å². The molecule has 0 aliphatic rings. The second-order valence-corrected chi connectivity index (χ2v) is 5.31. The lowest BCUT2D eigenvalue weighted by molar-refractivity contribution is 0.890. The van der Waals surface area contributed by atoms with Crippen LogP contribution in [0.5, 0.6) is 0 Å². The zero-order valence-corrected chi connectivity index (χ0v) is 13.1. The molecular weight excluding hydrogens is 286 g/mol. The Bertz CT molecular complexity index is 731. The van der Waals surface area contributed by atoms with Crippen molar-refractivity contribution in [2.24, 2.45) is 0 Å². The van der Waals surface area contributed by atoms with Gasteiger partial charge in [-0.05, 0) is 23.3 Å². The quantitative estimate of drug-likeness (QED) is 0.758. The zero-order valence-electron chi connectivity index (χ0n) is 13.1. The molecule has 0 unspecified atom stereocenters. The monoisotopic (exact) mass is 305 g/mol. The molecule has 0 fully saturated rings. The molecule has 1 N–H and O–H groups in total. The molecule has 1 aromatic carbocycles. The number of hydrogen-bond acceptors (Lipinski definition) is 5. The van der Waals surface area contributed by atoms with Crippen LogP contribution in [-0.2, 0) is 13.1 Å². The first-order chi connectivity index (χ1) is 11.3. The van der Waals surface area contributed by atoms with Gasteiger partial charge in [0.15, 0.2) is 0 Å². The molecule has 0 saturated carbocycles. The summed E-state index contributed by atoms with van der Waals surface area (Å²) < 4.78 is 0. The second kappa shape index (κ2) is 7.35. The van der Waals surface area contributed by atoms with Crippen LogP contribution in [-0.4, -0.2) is 22.0 Å². The molecule has 0 aliphatic heterocycles. The van der Waals surface area contributed by atoms with Crippen LogP contribution < -0.4 is 10.2 Å². The van der Waals surface area contributed by atoms with Gasteiger partial charge in [0.1, 0.15) is 18.0 Å². The van der Waals surface area contributed by atoms with Crippen LogP contribution in [0.3, 0.4) is 0 Å². The lowest BCUT2D eigenvalue weighted by Gasteiger charge is -2.18. The summed E-state index contributed by atoms with van der Waals surface area (Å²) in [5, 5.41) is 3.31. The molecular formula is C18H19N5. The summed E-state index contributed by atoms with van der Waals surface area (Å²) in [5.41, 5.74) is 2.41. The smallest absolute Gasteiger partial charge is 0.134 e. The van der Waals surface area contributed by atoms with Crippen LogP contribution in [0.25, 0.3) is 0 Å². The second-order valence-electron chi connectivity index (χ2n) is 5.31. The van der Waals surface area contributed by atoms with Crippen LogP contribution in [0.4, 0.5) is 11.6 Å². The van der Waals surface area contributed by atoms with Crippen LogP contribution in [0.15, 0.2) is 67.3 Å².